The van der Waals surface area contributed by atoms with Gasteiger partial charge in [0.25, 0.3) is 0 Å². The van der Waals surface area contributed by atoms with Crippen molar-refractivity contribution in [2.75, 3.05) is 12.3 Å². The number of nitrogens with zero attached hydrogens (tertiary/aromatic N) is 3. The van der Waals surface area contributed by atoms with E-state index >= 15 is 0 Å². The first-order chi connectivity index (χ1) is 11.5. The zero-order valence-corrected chi connectivity index (χ0v) is 14.6. The van der Waals surface area contributed by atoms with Crippen LogP contribution in [0.15, 0.2) is 41.8 Å². The van der Waals surface area contributed by atoms with E-state index in [-0.39, 0.29) is 0 Å². The zero-order chi connectivity index (χ0) is 17.1. The lowest BCUT2D eigenvalue weighted by atomic mass is 10.1. The van der Waals surface area contributed by atoms with Gasteiger partial charge >= 0.3 is 6.09 Å². The molecule has 0 bridgehead atoms. The van der Waals surface area contributed by atoms with Crippen LogP contribution in [0.2, 0.25) is 10.0 Å². The fraction of sp³-hybridized carbons (Fsp3) is 0.133. The first-order valence-corrected chi connectivity index (χ1v) is 8.68. The largest absolute Gasteiger partial charge is 0.465 e. The molecule has 0 saturated heterocycles. The number of rotatable bonds is 5. The summed E-state index contributed by atoms with van der Waals surface area (Å²) in [5, 5.41) is 12.7. The number of nitrogens with one attached hydrogen (secondary N) is 1. The molecule has 1 amide bonds. The second-order valence-electron chi connectivity index (χ2n) is 4.78. The summed E-state index contributed by atoms with van der Waals surface area (Å²) in [6.45, 7) is 0.323. The van der Waals surface area contributed by atoms with Gasteiger partial charge in [-0.25, -0.2) is 14.8 Å². The lowest BCUT2D eigenvalue weighted by molar-refractivity contribution is 0.195. The summed E-state index contributed by atoms with van der Waals surface area (Å²) in [4.78, 5) is 19.4. The minimum absolute atomic E-state index is 0.323. The van der Waals surface area contributed by atoms with E-state index in [1.165, 1.54) is 11.8 Å². The molecule has 9 heteroatoms. The van der Waals surface area contributed by atoms with Crippen molar-refractivity contribution in [3.63, 3.8) is 0 Å². The van der Waals surface area contributed by atoms with Crippen molar-refractivity contribution in [2.45, 2.75) is 5.16 Å². The Hall–Kier alpha value is -1.96. The van der Waals surface area contributed by atoms with Gasteiger partial charge in [0, 0.05) is 41.3 Å². The summed E-state index contributed by atoms with van der Waals surface area (Å²) >= 11 is 13.6. The van der Waals surface area contributed by atoms with Crippen molar-refractivity contribution < 1.29 is 9.90 Å². The van der Waals surface area contributed by atoms with E-state index in [0.29, 0.717) is 33.2 Å². The molecule has 2 aromatic heterocycles. The topological polar surface area (TPSA) is 79.5 Å². The van der Waals surface area contributed by atoms with E-state index in [0.717, 1.165) is 11.2 Å². The summed E-state index contributed by atoms with van der Waals surface area (Å²) in [7, 11) is 0. The number of carbonyl (C=O) groups is 1. The first-order valence-electron chi connectivity index (χ1n) is 6.94. The van der Waals surface area contributed by atoms with Gasteiger partial charge < -0.3 is 10.4 Å². The normalized spacial score (nSPS) is 10.9. The number of hydrogen-bond acceptors (Lipinski definition) is 4. The molecule has 3 aromatic rings. The molecule has 0 atom stereocenters. The Labute approximate surface area is 151 Å². The Morgan fingerprint density at radius 3 is 2.92 bits per heavy atom. The molecule has 0 aliphatic rings. The van der Waals surface area contributed by atoms with Gasteiger partial charge in [-0.1, -0.05) is 35.0 Å². The standard InChI is InChI=1S/C15H12Cl2N4O2S/c16-9-1-2-10(11(17)7-9)12-8-13-18-3-5-21(13)14(20-12)24-6-4-19-15(22)23/h1-3,5,7-8,19H,4,6H2,(H,22,23). The predicted molar refractivity (Wildman–Crippen MR) is 95.2 cm³/mol. The van der Waals surface area contributed by atoms with Crippen LogP contribution in [0.1, 0.15) is 0 Å². The van der Waals surface area contributed by atoms with Crippen molar-refractivity contribution in [3.8, 4) is 11.3 Å². The number of imidazole rings is 1. The molecule has 1 aromatic carbocycles. The van der Waals surface area contributed by atoms with E-state index in [1.54, 1.807) is 18.3 Å². The van der Waals surface area contributed by atoms with Crippen LogP contribution in [0.25, 0.3) is 16.9 Å². The van der Waals surface area contributed by atoms with Gasteiger partial charge in [0.1, 0.15) is 5.65 Å². The molecule has 3 rings (SSSR count). The highest BCUT2D eigenvalue weighted by Gasteiger charge is 2.12. The smallest absolute Gasteiger partial charge is 0.404 e. The third-order valence-electron chi connectivity index (χ3n) is 3.17. The molecule has 24 heavy (non-hydrogen) atoms. The number of aromatic nitrogens is 3. The lowest BCUT2D eigenvalue weighted by Crippen LogP contribution is -2.23. The maximum absolute atomic E-state index is 10.5. The molecule has 0 saturated carbocycles. The molecule has 2 N–H and O–H groups in total. The lowest BCUT2D eigenvalue weighted by Gasteiger charge is -2.09. The van der Waals surface area contributed by atoms with Gasteiger partial charge in [0.05, 0.1) is 10.7 Å². The highest BCUT2D eigenvalue weighted by Crippen LogP contribution is 2.31. The Morgan fingerprint density at radius 1 is 1.33 bits per heavy atom. The number of halogens is 2. The third kappa shape index (κ3) is 3.75. The minimum Gasteiger partial charge on any atom is -0.465 e. The average Bonchev–Trinajstić information content (AvgIpc) is 2.99. The minimum atomic E-state index is -1.04. The fourth-order valence-corrected chi connectivity index (χ4v) is 3.48. The van der Waals surface area contributed by atoms with E-state index in [4.69, 9.17) is 28.3 Å². The van der Waals surface area contributed by atoms with Crippen molar-refractivity contribution in [2.24, 2.45) is 0 Å². The molecule has 0 fully saturated rings. The summed E-state index contributed by atoms with van der Waals surface area (Å²) in [6, 6.07) is 7.07. The van der Waals surface area contributed by atoms with Gasteiger partial charge in [0.2, 0.25) is 0 Å². The highest BCUT2D eigenvalue weighted by molar-refractivity contribution is 7.99. The second-order valence-corrected chi connectivity index (χ2v) is 6.69. The molecule has 0 aliphatic carbocycles. The molecular formula is C15H12Cl2N4O2S. The molecule has 124 valence electrons. The maximum Gasteiger partial charge on any atom is 0.404 e. The monoisotopic (exact) mass is 382 g/mol. The van der Waals surface area contributed by atoms with Crippen molar-refractivity contribution in [1.29, 1.82) is 0 Å². The third-order valence-corrected chi connectivity index (χ3v) is 4.68. The SMILES string of the molecule is O=C(O)NCCSc1nc(-c2ccc(Cl)cc2Cl)cc2nccn12. The Morgan fingerprint density at radius 2 is 2.17 bits per heavy atom. The van der Waals surface area contributed by atoms with Gasteiger partial charge in [-0.2, -0.15) is 0 Å². The van der Waals surface area contributed by atoms with Crippen LogP contribution in [0.5, 0.6) is 0 Å². The quantitative estimate of drug-likeness (QED) is 0.395. The van der Waals surface area contributed by atoms with Crippen molar-refractivity contribution in [3.05, 3.63) is 46.7 Å². The van der Waals surface area contributed by atoms with Crippen molar-refractivity contribution >= 4 is 46.7 Å². The van der Waals surface area contributed by atoms with Gasteiger partial charge in [-0.15, -0.1) is 0 Å². The number of hydrogen-bond donors (Lipinski definition) is 2. The molecular weight excluding hydrogens is 371 g/mol. The number of thioether (sulfide) groups is 1. The predicted octanol–water partition coefficient (Wildman–Crippen LogP) is 4.06. The number of carboxylic acid groups (broad SMARTS) is 1. The van der Waals surface area contributed by atoms with Crippen LogP contribution in [0.3, 0.4) is 0 Å². The number of fused-ring (bicyclic) bond motifs is 1. The van der Waals surface area contributed by atoms with E-state index < -0.39 is 6.09 Å². The molecule has 2 heterocycles. The van der Waals surface area contributed by atoms with Gasteiger partial charge in [0.15, 0.2) is 5.16 Å². The summed E-state index contributed by atoms with van der Waals surface area (Å²) in [5.41, 5.74) is 2.18. The summed E-state index contributed by atoms with van der Waals surface area (Å²) in [5.74, 6) is 0.546. The molecule has 0 spiro atoms. The van der Waals surface area contributed by atoms with E-state index in [1.807, 2.05) is 22.7 Å². The molecule has 6 nitrogen and oxygen atoms in total. The second kappa shape index (κ2) is 7.29. The Kier molecular flexibility index (Phi) is 5.13. The summed E-state index contributed by atoms with van der Waals surface area (Å²) in [6.07, 6.45) is 2.45. The molecule has 0 unspecified atom stereocenters. The van der Waals surface area contributed by atoms with Gasteiger partial charge in [-0.05, 0) is 18.2 Å². The highest BCUT2D eigenvalue weighted by atomic mass is 35.5. The van der Waals surface area contributed by atoms with Crippen LogP contribution in [0.4, 0.5) is 4.79 Å². The molecule has 0 aliphatic heterocycles. The van der Waals surface area contributed by atoms with Crippen LogP contribution < -0.4 is 5.32 Å². The Balaban J connectivity index is 1.93. The summed E-state index contributed by atoms with van der Waals surface area (Å²) < 4.78 is 1.85. The maximum atomic E-state index is 10.5. The zero-order valence-electron chi connectivity index (χ0n) is 12.2. The van der Waals surface area contributed by atoms with E-state index in [2.05, 4.69) is 15.3 Å². The average molecular weight is 383 g/mol. The number of amides is 1. The fourth-order valence-electron chi connectivity index (χ4n) is 2.13. The van der Waals surface area contributed by atoms with E-state index in [9.17, 15) is 4.79 Å². The number of benzene rings is 1. The van der Waals surface area contributed by atoms with Crippen LogP contribution >= 0.6 is 35.0 Å². The van der Waals surface area contributed by atoms with Crippen molar-refractivity contribution in [1.82, 2.24) is 19.7 Å². The van der Waals surface area contributed by atoms with Gasteiger partial charge in [-0.3, -0.25) is 4.40 Å². The van der Waals surface area contributed by atoms with Crippen LogP contribution in [-0.2, 0) is 0 Å². The Bertz CT molecular complexity index is 900. The first kappa shape index (κ1) is 16.9. The van der Waals surface area contributed by atoms with Crippen LogP contribution in [-0.4, -0.2) is 37.9 Å². The van der Waals surface area contributed by atoms with Crippen LogP contribution in [0, 0.1) is 0 Å². The molecule has 0 radical (unpaired) electrons.